The first-order valence-electron chi connectivity index (χ1n) is 11.5. The predicted molar refractivity (Wildman–Crippen MR) is 119 cm³/mol. The summed E-state index contributed by atoms with van der Waals surface area (Å²) in [4.78, 5) is 26.1. The Morgan fingerprint density at radius 3 is 2.23 bits per heavy atom. The van der Waals surface area contributed by atoms with Crippen LogP contribution >= 0.6 is 0 Å². The Labute approximate surface area is 185 Å². The molecule has 2 unspecified atom stereocenters. The fourth-order valence-electron chi connectivity index (χ4n) is 8.20. The van der Waals surface area contributed by atoms with Crippen molar-refractivity contribution < 1.29 is 14.7 Å². The molecule has 0 spiro atoms. The van der Waals surface area contributed by atoms with Crippen molar-refractivity contribution in [3.63, 3.8) is 0 Å². The molecule has 0 aliphatic heterocycles. The van der Waals surface area contributed by atoms with Crippen LogP contribution in [0, 0.1) is 23.2 Å². The molecule has 5 rings (SSSR count). The highest BCUT2D eigenvalue weighted by Crippen LogP contribution is 2.71. The van der Waals surface area contributed by atoms with Crippen molar-refractivity contribution >= 4 is 12.0 Å². The fraction of sp³-hybridized carbons (Fsp3) is 0.792. The third kappa shape index (κ3) is 4.08. The number of carbonyl (C=O) groups is 2. The van der Waals surface area contributed by atoms with Crippen LogP contribution in [0.3, 0.4) is 0 Å². The van der Waals surface area contributed by atoms with Crippen molar-refractivity contribution in [3.8, 4) is 0 Å². The lowest BCUT2D eigenvalue weighted by molar-refractivity contribution is -0.175. The Balaban J connectivity index is 1.60. The van der Waals surface area contributed by atoms with Gasteiger partial charge in [0.05, 0.1) is 0 Å². The molecular weight excluding hydrogens is 392 g/mol. The quantitative estimate of drug-likeness (QED) is 0.733. The molecule has 4 aliphatic rings. The first-order chi connectivity index (χ1) is 14.2. The predicted octanol–water partition coefficient (Wildman–Crippen LogP) is 4.21. The molecule has 4 bridgehead atoms. The van der Waals surface area contributed by atoms with Crippen LogP contribution in [-0.2, 0) is 11.3 Å². The van der Waals surface area contributed by atoms with Gasteiger partial charge in [0.25, 0.3) is 0 Å². The third-order valence-corrected chi connectivity index (χ3v) is 7.86. The second-order valence-electron chi connectivity index (χ2n) is 12.7. The molecule has 7 heteroatoms. The van der Waals surface area contributed by atoms with Crippen LogP contribution in [0.15, 0.2) is 12.3 Å². The van der Waals surface area contributed by atoms with Crippen molar-refractivity contribution in [1.82, 2.24) is 20.0 Å². The highest BCUT2D eigenvalue weighted by molar-refractivity contribution is 5.82. The molecule has 4 saturated carbocycles. The van der Waals surface area contributed by atoms with Gasteiger partial charge in [-0.05, 0) is 88.5 Å². The minimum absolute atomic E-state index is 0.110. The maximum absolute atomic E-state index is 13.1. The highest BCUT2D eigenvalue weighted by atomic mass is 16.4. The average Bonchev–Trinajstić information content (AvgIpc) is 2.91. The zero-order valence-electron chi connectivity index (χ0n) is 19.9. The smallest absolute Gasteiger partial charge is 0.408 e. The number of aromatic nitrogens is 2. The standard InChI is InChI=1S/C24H38N4O3/c1-17-7-8-25-28(17)16-23-11-21(5)10-22(6,12-23)14-24(13-21,15-23)26-18(29)9-27(19(30)31)20(2,3)4/h7-8H,9-16H2,1-6H3,(H,26,29)(H,30,31). The van der Waals surface area contributed by atoms with E-state index in [0.29, 0.717) is 0 Å². The number of amides is 2. The van der Waals surface area contributed by atoms with E-state index in [1.165, 1.54) is 17.0 Å². The Morgan fingerprint density at radius 2 is 1.74 bits per heavy atom. The van der Waals surface area contributed by atoms with E-state index in [0.717, 1.165) is 38.6 Å². The molecule has 4 fully saturated rings. The summed E-state index contributed by atoms with van der Waals surface area (Å²) >= 11 is 0. The summed E-state index contributed by atoms with van der Waals surface area (Å²) in [5.74, 6) is -0.183. The average molecular weight is 431 g/mol. The van der Waals surface area contributed by atoms with E-state index in [1.54, 1.807) is 0 Å². The lowest BCUT2D eigenvalue weighted by atomic mass is 9.38. The molecule has 1 heterocycles. The minimum Gasteiger partial charge on any atom is -0.465 e. The molecule has 31 heavy (non-hydrogen) atoms. The van der Waals surface area contributed by atoms with Crippen molar-refractivity contribution in [2.75, 3.05) is 6.54 Å². The summed E-state index contributed by atoms with van der Waals surface area (Å²) < 4.78 is 2.13. The maximum Gasteiger partial charge on any atom is 0.408 e. The van der Waals surface area contributed by atoms with Crippen LogP contribution in [0.2, 0.25) is 0 Å². The van der Waals surface area contributed by atoms with Gasteiger partial charge in [-0.1, -0.05) is 13.8 Å². The van der Waals surface area contributed by atoms with Gasteiger partial charge >= 0.3 is 6.09 Å². The normalized spacial score (nSPS) is 36.5. The number of hydrogen-bond donors (Lipinski definition) is 2. The number of carbonyl (C=O) groups excluding carboxylic acids is 1. The molecule has 0 aromatic carbocycles. The molecule has 1 aromatic heterocycles. The second-order valence-corrected chi connectivity index (χ2v) is 12.7. The van der Waals surface area contributed by atoms with Crippen molar-refractivity contribution in [1.29, 1.82) is 0 Å². The largest absolute Gasteiger partial charge is 0.465 e. The van der Waals surface area contributed by atoms with Gasteiger partial charge in [0.1, 0.15) is 6.54 Å². The molecule has 4 aliphatic carbocycles. The monoisotopic (exact) mass is 430 g/mol. The molecule has 0 saturated heterocycles. The number of rotatable bonds is 5. The Kier molecular flexibility index (Phi) is 4.80. The first-order valence-corrected chi connectivity index (χ1v) is 11.5. The SMILES string of the molecule is Cc1ccnn1CC12CC3(C)CC(C)(C1)CC(NC(=O)CN(C(=O)O)C(C)(C)C)(C3)C2. The number of nitrogens with zero attached hydrogens (tertiary/aromatic N) is 3. The second kappa shape index (κ2) is 6.72. The van der Waals surface area contributed by atoms with Crippen LogP contribution < -0.4 is 5.32 Å². The Bertz CT molecular complexity index is 881. The molecule has 2 N–H and O–H groups in total. The fourth-order valence-corrected chi connectivity index (χ4v) is 8.20. The maximum atomic E-state index is 13.1. The molecule has 0 radical (unpaired) electrons. The zero-order valence-corrected chi connectivity index (χ0v) is 19.9. The van der Waals surface area contributed by atoms with Crippen LogP contribution in [0.25, 0.3) is 0 Å². The summed E-state index contributed by atoms with van der Waals surface area (Å²) in [6, 6.07) is 2.05. The van der Waals surface area contributed by atoms with Gasteiger partial charge in [0, 0.05) is 29.5 Å². The van der Waals surface area contributed by atoms with Crippen LogP contribution in [0.1, 0.15) is 78.8 Å². The first kappa shape index (κ1) is 22.2. The van der Waals surface area contributed by atoms with Crippen molar-refractivity contribution in [2.45, 2.75) is 97.7 Å². The van der Waals surface area contributed by atoms with Gasteiger partial charge in [-0.15, -0.1) is 0 Å². The number of carboxylic acid groups (broad SMARTS) is 1. The molecule has 2 atom stereocenters. The third-order valence-electron chi connectivity index (χ3n) is 7.86. The van der Waals surface area contributed by atoms with Crippen molar-refractivity contribution in [2.24, 2.45) is 16.2 Å². The van der Waals surface area contributed by atoms with E-state index >= 15 is 0 Å². The van der Waals surface area contributed by atoms with Crippen molar-refractivity contribution in [3.05, 3.63) is 18.0 Å². The molecule has 172 valence electrons. The van der Waals surface area contributed by atoms with Gasteiger partial charge in [-0.25, -0.2) is 4.79 Å². The van der Waals surface area contributed by atoms with E-state index in [1.807, 2.05) is 27.0 Å². The summed E-state index contributed by atoms with van der Waals surface area (Å²) in [6.45, 7) is 13.1. The summed E-state index contributed by atoms with van der Waals surface area (Å²) in [5, 5.41) is 17.6. The molecular formula is C24H38N4O3. The minimum atomic E-state index is -1.06. The van der Waals surface area contributed by atoms with E-state index in [4.69, 9.17) is 0 Å². The van der Waals surface area contributed by atoms with E-state index < -0.39 is 11.6 Å². The van der Waals surface area contributed by atoms with Gasteiger partial charge < -0.3 is 10.4 Å². The lowest BCUT2D eigenvalue weighted by Gasteiger charge is -2.69. The number of nitrogens with one attached hydrogen (secondary N) is 1. The van der Waals surface area contributed by atoms with E-state index in [2.05, 4.69) is 41.9 Å². The van der Waals surface area contributed by atoms with Gasteiger partial charge in [-0.3, -0.25) is 14.4 Å². The topological polar surface area (TPSA) is 87.5 Å². The van der Waals surface area contributed by atoms with Gasteiger partial charge in [0.15, 0.2) is 0 Å². The Hall–Kier alpha value is -2.05. The summed E-state index contributed by atoms with van der Waals surface area (Å²) in [6.07, 6.45) is 7.22. The molecule has 7 nitrogen and oxygen atoms in total. The van der Waals surface area contributed by atoms with Gasteiger partial charge in [-0.2, -0.15) is 5.10 Å². The molecule has 2 amide bonds. The highest BCUT2D eigenvalue weighted by Gasteiger charge is 2.66. The Morgan fingerprint density at radius 1 is 1.13 bits per heavy atom. The lowest BCUT2D eigenvalue weighted by Crippen LogP contribution is -2.69. The van der Waals surface area contributed by atoms with Crippen LogP contribution in [0.4, 0.5) is 4.79 Å². The molecule has 1 aromatic rings. The van der Waals surface area contributed by atoms with Gasteiger partial charge in [0.2, 0.25) is 5.91 Å². The van der Waals surface area contributed by atoms with Crippen LogP contribution in [-0.4, -0.2) is 49.4 Å². The number of aryl methyl sites for hydroxylation is 1. The zero-order chi connectivity index (χ0) is 22.9. The van der Waals surface area contributed by atoms with E-state index in [-0.39, 0.29) is 34.2 Å². The summed E-state index contributed by atoms with van der Waals surface area (Å²) in [5.41, 5.74) is 0.771. The van der Waals surface area contributed by atoms with Crippen LogP contribution in [0.5, 0.6) is 0 Å². The summed E-state index contributed by atoms with van der Waals surface area (Å²) in [7, 11) is 0. The number of hydrogen-bond acceptors (Lipinski definition) is 3. The van der Waals surface area contributed by atoms with E-state index in [9.17, 15) is 14.7 Å².